The lowest BCUT2D eigenvalue weighted by molar-refractivity contribution is 0.249. The standard InChI is InChI=1S/C15H13NOS/c1-18-13-7-8-15-12(9-13)10-14(16-17-15)11-5-3-2-4-6-11/h2-10,16H,1H3. The fourth-order valence-corrected chi connectivity index (χ4v) is 2.36. The van der Waals surface area contributed by atoms with Crippen LogP contribution in [0.3, 0.4) is 0 Å². The normalized spacial score (nSPS) is 13.1. The summed E-state index contributed by atoms with van der Waals surface area (Å²) >= 11 is 1.73. The molecule has 0 radical (unpaired) electrons. The Balaban J connectivity index is 2.02. The quantitative estimate of drug-likeness (QED) is 0.825. The summed E-state index contributed by atoms with van der Waals surface area (Å²) in [5.74, 6) is 0.868. The van der Waals surface area contributed by atoms with Gasteiger partial charge in [-0.25, -0.2) is 5.48 Å². The van der Waals surface area contributed by atoms with E-state index in [4.69, 9.17) is 4.84 Å². The lowest BCUT2D eigenvalue weighted by Gasteiger charge is -2.19. The maximum Gasteiger partial charge on any atom is 0.162 e. The molecule has 0 bridgehead atoms. The summed E-state index contributed by atoms with van der Waals surface area (Å²) in [5.41, 5.74) is 6.20. The topological polar surface area (TPSA) is 21.3 Å². The first kappa shape index (κ1) is 11.2. The van der Waals surface area contributed by atoms with Gasteiger partial charge in [-0.1, -0.05) is 30.3 Å². The molecule has 0 fully saturated rings. The monoisotopic (exact) mass is 255 g/mol. The zero-order valence-corrected chi connectivity index (χ0v) is 10.8. The smallest absolute Gasteiger partial charge is 0.162 e. The number of hydroxylamine groups is 1. The molecule has 90 valence electrons. The highest BCUT2D eigenvalue weighted by molar-refractivity contribution is 7.98. The third-order valence-corrected chi connectivity index (χ3v) is 3.60. The van der Waals surface area contributed by atoms with Gasteiger partial charge in [0.2, 0.25) is 0 Å². The molecule has 3 rings (SSSR count). The average molecular weight is 255 g/mol. The van der Waals surface area contributed by atoms with E-state index in [0.717, 1.165) is 22.6 Å². The molecular formula is C15H13NOS. The highest BCUT2D eigenvalue weighted by atomic mass is 32.2. The van der Waals surface area contributed by atoms with Gasteiger partial charge in [-0.3, -0.25) is 0 Å². The zero-order chi connectivity index (χ0) is 12.4. The Morgan fingerprint density at radius 3 is 2.67 bits per heavy atom. The second kappa shape index (κ2) is 4.78. The lowest BCUT2D eigenvalue weighted by atomic mass is 10.1. The molecule has 0 saturated heterocycles. The SMILES string of the molecule is CSc1ccc2c(c1)C=C(c1ccccc1)NO2. The van der Waals surface area contributed by atoms with E-state index in [1.807, 2.05) is 24.3 Å². The molecule has 1 aliphatic rings. The van der Waals surface area contributed by atoms with Crippen molar-refractivity contribution in [3.63, 3.8) is 0 Å². The third-order valence-electron chi connectivity index (χ3n) is 2.87. The van der Waals surface area contributed by atoms with Crippen LogP contribution in [0.2, 0.25) is 0 Å². The largest absolute Gasteiger partial charge is 0.382 e. The first-order valence-corrected chi connectivity index (χ1v) is 6.97. The summed E-state index contributed by atoms with van der Waals surface area (Å²) in [7, 11) is 0. The third kappa shape index (κ3) is 2.09. The summed E-state index contributed by atoms with van der Waals surface area (Å²) in [5, 5.41) is 0. The molecule has 0 spiro atoms. The molecule has 0 atom stereocenters. The van der Waals surface area contributed by atoms with Gasteiger partial charge in [-0.05, 0) is 30.5 Å². The number of fused-ring (bicyclic) bond motifs is 1. The molecule has 2 aromatic rings. The average Bonchev–Trinajstić information content (AvgIpc) is 2.47. The molecular weight excluding hydrogens is 242 g/mol. The fraction of sp³-hybridized carbons (Fsp3) is 0.0667. The molecule has 1 aliphatic heterocycles. The van der Waals surface area contributed by atoms with Crippen LogP contribution in [0.15, 0.2) is 53.4 Å². The van der Waals surface area contributed by atoms with Crippen LogP contribution >= 0.6 is 11.8 Å². The lowest BCUT2D eigenvalue weighted by Crippen LogP contribution is -2.20. The van der Waals surface area contributed by atoms with Crippen molar-refractivity contribution in [3.8, 4) is 5.75 Å². The summed E-state index contributed by atoms with van der Waals surface area (Å²) in [6.45, 7) is 0. The fourth-order valence-electron chi connectivity index (χ4n) is 1.91. The van der Waals surface area contributed by atoms with Crippen LogP contribution in [0, 0.1) is 0 Å². The molecule has 0 amide bonds. The molecule has 3 heteroatoms. The Morgan fingerprint density at radius 2 is 1.89 bits per heavy atom. The Hall–Kier alpha value is -1.87. The Labute approximate surface area is 111 Å². The van der Waals surface area contributed by atoms with Crippen molar-refractivity contribution >= 4 is 23.5 Å². The van der Waals surface area contributed by atoms with E-state index >= 15 is 0 Å². The predicted octanol–water partition coefficient (Wildman–Crippen LogP) is 3.80. The molecule has 2 aromatic carbocycles. The second-order valence-electron chi connectivity index (χ2n) is 4.03. The predicted molar refractivity (Wildman–Crippen MR) is 76.3 cm³/mol. The second-order valence-corrected chi connectivity index (χ2v) is 4.91. The maximum atomic E-state index is 5.56. The number of thioether (sulfide) groups is 1. The highest BCUT2D eigenvalue weighted by Crippen LogP contribution is 2.30. The number of benzene rings is 2. The molecule has 1 N–H and O–H groups in total. The summed E-state index contributed by atoms with van der Waals surface area (Å²) in [6, 6.07) is 16.4. The van der Waals surface area contributed by atoms with Crippen LogP contribution in [0.1, 0.15) is 11.1 Å². The van der Waals surface area contributed by atoms with Crippen LogP contribution in [0.25, 0.3) is 11.8 Å². The molecule has 2 nitrogen and oxygen atoms in total. The summed E-state index contributed by atoms with van der Waals surface area (Å²) in [6.07, 6.45) is 4.19. The van der Waals surface area contributed by atoms with Crippen molar-refractivity contribution in [1.29, 1.82) is 0 Å². The minimum absolute atomic E-state index is 0.868. The Morgan fingerprint density at radius 1 is 1.06 bits per heavy atom. The van der Waals surface area contributed by atoms with Gasteiger partial charge in [0.15, 0.2) is 5.75 Å². The van der Waals surface area contributed by atoms with Crippen LogP contribution < -0.4 is 10.3 Å². The van der Waals surface area contributed by atoms with Gasteiger partial charge in [0, 0.05) is 16.0 Å². The van der Waals surface area contributed by atoms with Crippen LogP contribution in [0.4, 0.5) is 0 Å². The van der Waals surface area contributed by atoms with Gasteiger partial charge in [-0.15, -0.1) is 11.8 Å². The minimum Gasteiger partial charge on any atom is -0.382 e. The van der Waals surface area contributed by atoms with E-state index in [0.29, 0.717) is 0 Å². The molecule has 0 saturated carbocycles. The summed E-state index contributed by atoms with van der Waals surface area (Å²) < 4.78 is 0. The van der Waals surface area contributed by atoms with Gasteiger partial charge < -0.3 is 4.84 Å². The maximum absolute atomic E-state index is 5.56. The molecule has 0 aliphatic carbocycles. The Bertz CT molecular complexity index is 593. The first-order valence-electron chi connectivity index (χ1n) is 5.75. The van der Waals surface area contributed by atoms with Gasteiger partial charge in [0.05, 0.1) is 5.70 Å². The number of nitrogens with one attached hydrogen (secondary N) is 1. The molecule has 18 heavy (non-hydrogen) atoms. The van der Waals surface area contributed by atoms with Crippen molar-refractivity contribution in [1.82, 2.24) is 5.48 Å². The zero-order valence-electron chi connectivity index (χ0n) is 10.0. The molecule has 0 aromatic heterocycles. The van der Waals surface area contributed by atoms with Crippen molar-refractivity contribution in [3.05, 3.63) is 59.7 Å². The van der Waals surface area contributed by atoms with E-state index in [-0.39, 0.29) is 0 Å². The highest BCUT2D eigenvalue weighted by Gasteiger charge is 2.12. The first-order chi connectivity index (χ1) is 8.86. The van der Waals surface area contributed by atoms with E-state index in [9.17, 15) is 0 Å². The van der Waals surface area contributed by atoms with Crippen LogP contribution in [0.5, 0.6) is 5.75 Å². The van der Waals surface area contributed by atoms with Gasteiger partial charge in [0.1, 0.15) is 0 Å². The summed E-state index contributed by atoms with van der Waals surface area (Å²) in [4.78, 5) is 6.80. The minimum atomic E-state index is 0.868. The van der Waals surface area contributed by atoms with Crippen molar-refractivity contribution in [2.45, 2.75) is 4.90 Å². The number of hydrogen-bond donors (Lipinski definition) is 1. The van der Waals surface area contributed by atoms with Crippen LogP contribution in [-0.4, -0.2) is 6.26 Å². The molecule has 1 heterocycles. The van der Waals surface area contributed by atoms with E-state index in [1.165, 1.54) is 4.90 Å². The van der Waals surface area contributed by atoms with Gasteiger partial charge in [-0.2, -0.15) is 0 Å². The Kier molecular flexibility index (Phi) is 2.99. The van der Waals surface area contributed by atoms with Crippen LogP contribution in [-0.2, 0) is 0 Å². The van der Waals surface area contributed by atoms with Gasteiger partial charge in [0.25, 0.3) is 0 Å². The van der Waals surface area contributed by atoms with Gasteiger partial charge >= 0.3 is 0 Å². The van der Waals surface area contributed by atoms with E-state index < -0.39 is 0 Å². The van der Waals surface area contributed by atoms with E-state index in [1.54, 1.807) is 11.8 Å². The van der Waals surface area contributed by atoms with Crippen molar-refractivity contribution < 1.29 is 4.84 Å². The number of rotatable bonds is 2. The van der Waals surface area contributed by atoms with Crippen molar-refractivity contribution in [2.24, 2.45) is 0 Å². The molecule has 0 unspecified atom stereocenters. The number of hydrogen-bond acceptors (Lipinski definition) is 3. The van der Waals surface area contributed by atoms with Crippen molar-refractivity contribution in [2.75, 3.05) is 6.26 Å². The van der Waals surface area contributed by atoms with E-state index in [2.05, 4.69) is 42.1 Å².